The van der Waals surface area contributed by atoms with Crippen molar-refractivity contribution in [2.75, 3.05) is 0 Å². The van der Waals surface area contributed by atoms with Gasteiger partial charge in [-0.15, -0.1) is 0 Å². The highest BCUT2D eigenvalue weighted by atomic mass is 16.3. The Kier molecular flexibility index (Phi) is 9.75. The molecular formula is C49H42O7. The predicted molar refractivity (Wildman–Crippen MR) is 216 cm³/mol. The summed E-state index contributed by atoms with van der Waals surface area (Å²) in [4.78, 5) is 0. The maximum atomic E-state index is 11.5. The minimum atomic E-state index is 0.0746. The fourth-order valence-electron chi connectivity index (χ4n) is 7.94. The molecule has 0 unspecified atom stereocenters. The maximum Gasteiger partial charge on any atom is 0.122 e. The molecule has 7 nitrogen and oxygen atoms in total. The van der Waals surface area contributed by atoms with Gasteiger partial charge in [0.05, 0.1) is 0 Å². The molecule has 0 saturated carbocycles. The van der Waals surface area contributed by atoms with E-state index in [1.54, 1.807) is 0 Å². The Balaban J connectivity index is 1.22. The summed E-state index contributed by atoms with van der Waals surface area (Å²) in [5.74, 6) is 0.522. The van der Waals surface area contributed by atoms with Gasteiger partial charge in [0.25, 0.3) is 0 Å². The quantitative estimate of drug-likeness (QED) is 0.0822. The molecule has 7 aromatic carbocycles. The Morgan fingerprint density at radius 2 is 0.268 bits per heavy atom. The van der Waals surface area contributed by atoms with Crippen molar-refractivity contribution >= 4 is 0 Å². The van der Waals surface area contributed by atoms with Crippen LogP contribution in [0.15, 0.2) is 127 Å². The zero-order chi connectivity index (χ0) is 38.9. The Morgan fingerprint density at radius 1 is 0.179 bits per heavy atom. The molecule has 0 spiro atoms. The molecule has 7 heteroatoms. The minimum Gasteiger partial charge on any atom is -0.507 e. The van der Waals surface area contributed by atoms with Crippen LogP contribution in [-0.4, -0.2) is 35.7 Å². The van der Waals surface area contributed by atoms with Crippen LogP contribution >= 0.6 is 0 Å². The van der Waals surface area contributed by atoms with Gasteiger partial charge in [-0.05, 0) is 77.9 Å². The molecule has 7 aromatic rings. The Bertz CT molecular complexity index is 1960. The van der Waals surface area contributed by atoms with E-state index in [1.807, 2.05) is 127 Å². The maximum absolute atomic E-state index is 11.5. The van der Waals surface area contributed by atoms with E-state index in [-0.39, 0.29) is 85.2 Å². The Morgan fingerprint density at radius 3 is 0.357 bits per heavy atom. The van der Waals surface area contributed by atoms with Crippen molar-refractivity contribution in [3.63, 3.8) is 0 Å². The van der Waals surface area contributed by atoms with Crippen molar-refractivity contribution in [1.82, 2.24) is 0 Å². The van der Waals surface area contributed by atoms with Gasteiger partial charge in [0.2, 0.25) is 0 Å². The molecule has 0 aromatic heterocycles. The van der Waals surface area contributed by atoms with Crippen LogP contribution in [0.1, 0.15) is 77.9 Å². The van der Waals surface area contributed by atoms with Gasteiger partial charge in [0.1, 0.15) is 40.2 Å². The minimum absolute atomic E-state index is 0.0746. The molecule has 0 amide bonds. The van der Waals surface area contributed by atoms with E-state index in [2.05, 4.69) is 0 Å². The number of aromatic hydroxyl groups is 7. The molecule has 0 atom stereocenters. The summed E-state index contributed by atoms with van der Waals surface area (Å²) in [5, 5.41) is 80.3. The first-order valence-electron chi connectivity index (χ1n) is 18.7. The van der Waals surface area contributed by atoms with E-state index >= 15 is 0 Å². The van der Waals surface area contributed by atoms with Crippen molar-refractivity contribution in [3.05, 3.63) is 205 Å². The van der Waals surface area contributed by atoms with Gasteiger partial charge >= 0.3 is 0 Å². The van der Waals surface area contributed by atoms with E-state index in [0.29, 0.717) is 77.9 Å². The standard InChI is InChI=1S/C49H42O7/c50-43-29-8-1-9-30(43)23-32-11-3-13-34(45(32)52)25-36-15-5-17-38(47(36)54)27-40-19-7-21-42(49(40)56)28-41-20-6-18-39(48(41)55)26-37-16-4-14-35(46(37)53)24-33-12-2-10-31(22-29)44(33)51/h1-21,50-56H,22-28H2. The van der Waals surface area contributed by atoms with Crippen LogP contribution in [0.25, 0.3) is 0 Å². The lowest BCUT2D eigenvalue weighted by atomic mass is 9.91. The van der Waals surface area contributed by atoms with Crippen molar-refractivity contribution < 1.29 is 35.7 Å². The number of benzene rings is 7. The second kappa shape index (κ2) is 15.1. The first kappa shape index (κ1) is 36.1. The number of hydrogen-bond acceptors (Lipinski definition) is 7. The fraction of sp³-hybridized carbons (Fsp3) is 0.143. The van der Waals surface area contributed by atoms with Gasteiger partial charge < -0.3 is 35.7 Å². The normalized spacial score (nSPS) is 13.0. The van der Waals surface area contributed by atoms with Crippen LogP contribution in [0.5, 0.6) is 40.2 Å². The van der Waals surface area contributed by atoms with E-state index in [9.17, 15) is 35.7 Å². The third-order valence-electron chi connectivity index (χ3n) is 11.1. The average molecular weight is 743 g/mol. The van der Waals surface area contributed by atoms with Crippen LogP contribution in [-0.2, 0) is 44.9 Å². The second-order valence-corrected chi connectivity index (χ2v) is 14.7. The first-order valence-corrected chi connectivity index (χ1v) is 18.7. The smallest absolute Gasteiger partial charge is 0.122 e. The first-order chi connectivity index (χ1) is 27.1. The number of phenolic OH excluding ortho intramolecular Hbond substituents is 7. The summed E-state index contributed by atoms with van der Waals surface area (Å²) in [6.07, 6.45) is 1.78. The zero-order valence-electron chi connectivity index (χ0n) is 30.7. The van der Waals surface area contributed by atoms with E-state index in [1.165, 1.54) is 0 Å². The van der Waals surface area contributed by atoms with Gasteiger partial charge in [-0.25, -0.2) is 0 Å². The summed E-state index contributed by atoms with van der Waals surface area (Å²) in [5.41, 5.74) is 8.61. The highest BCUT2D eigenvalue weighted by Crippen LogP contribution is 2.38. The predicted octanol–water partition coefficient (Wildman–Crippen LogP) is 9.07. The van der Waals surface area contributed by atoms with E-state index < -0.39 is 0 Å². The molecule has 8 rings (SSSR count). The summed E-state index contributed by atoms with van der Waals surface area (Å²) < 4.78 is 0. The van der Waals surface area contributed by atoms with Crippen LogP contribution in [0.2, 0.25) is 0 Å². The molecule has 14 bridgehead atoms. The van der Waals surface area contributed by atoms with Gasteiger partial charge in [-0.2, -0.15) is 0 Å². The lowest BCUT2D eigenvalue weighted by Crippen LogP contribution is -2.00. The topological polar surface area (TPSA) is 142 Å². The molecule has 7 N–H and O–H groups in total. The van der Waals surface area contributed by atoms with Crippen molar-refractivity contribution in [3.8, 4) is 40.2 Å². The van der Waals surface area contributed by atoms with E-state index in [4.69, 9.17) is 0 Å². The lowest BCUT2D eigenvalue weighted by molar-refractivity contribution is 0.452. The monoisotopic (exact) mass is 742 g/mol. The van der Waals surface area contributed by atoms with Crippen LogP contribution in [0.4, 0.5) is 0 Å². The van der Waals surface area contributed by atoms with E-state index in [0.717, 1.165) is 0 Å². The number of rotatable bonds is 0. The van der Waals surface area contributed by atoms with Gasteiger partial charge in [0, 0.05) is 44.9 Å². The van der Waals surface area contributed by atoms with Crippen molar-refractivity contribution in [2.45, 2.75) is 44.9 Å². The molecular weight excluding hydrogens is 701 g/mol. The molecule has 0 radical (unpaired) electrons. The number of para-hydroxylation sites is 7. The largest absolute Gasteiger partial charge is 0.507 e. The number of phenols is 7. The summed E-state index contributed by atoms with van der Waals surface area (Å²) in [6, 6.07) is 38.3. The fourth-order valence-corrected chi connectivity index (χ4v) is 7.94. The highest BCUT2D eigenvalue weighted by molar-refractivity contribution is 5.56. The number of fused-ring (bicyclic) bond motifs is 14. The SMILES string of the molecule is Oc1c2cccc1Cc1cccc(c1O)Cc1cccc(c1O)Cc1cccc(c1O)Cc1cccc(c1O)Cc1cccc(c1O)Cc1cccc(c1O)C2. The summed E-state index contributed by atoms with van der Waals surface area (Å²) in [7, 11) is 0. The molecule has 56 heavy (non-hydrogen) atoms. The van der Waals surface area contributed by atoms with Gasteiger partial charge in [0.15, 0.2) is 0 Å². The second-order valence-electron chi connectivity index (χ2n) is 14.7. The van der Waals surface area contributed by atoms with Crippen LogP contribution in [0, 0.1) is 0 Å². The molecule has 1 aliphatic rings. The molecule has 1 aliphatic carbocycles. The molecule has 0 aliphatic heterocycles. The third-order valence-corrected chi connectivity index (χ3v) is 11.1. The summed E-state index contributed by atoms with van der Waals surface area (Å²) >= 11 is 0. The molecule has 0 heterocycles. The number of hydrogen-bond donors (Lipinski definition) is 7. The van der Waals surface area contributed by atoms with Crippen LogP contribution < -0.4 is 0 Å². The Labute approximate surface area is 325 Å². The zero-order valence-corrected chi connectivity index (χ0v) is 30.7. The highest BCUT2D eigenvalue weighted by Gasteiger charge is 2.20. The summed E-state index contributed by atoms with van der Waals surface area (Å²) in [6.45, 7) is 0. The van der Waals surface area contributed by atoms with Crippen molar-refractivity contribution in [1.29, 1.82) is 0 Å². The molecule has 0 saturated heterocycles. The van der Waals surface area contributed by atoms with Gasteiger partial charge in [-0.3, -0.25) is 0 Å². The average Bonchev–Trinajstić information content (AvgIpc) is 3.18. The molecule has 280 valence electrons. The third kappa shape index (κ3) is 7.07. The molecule has 0 fully saturated rings. The van der Waals surface area contributed by atoms with Crippen molar-refractivity contribution in [2.24, 2.45) is 0 Å². The van der Waals surface area contributed by atoms with Crippen LogP contribution in [0.3, 0.4) is 0 Å². The lowest BCUT2D eigenvalue weighted by Gasteiger charge is -2.16. The van der Waals surface area contributed by atoms with Gasteiger partial charge in [-0.1, -0.05) is 127 Å². The Hall–Kier alpha value is -6.86.